The van der Waals surface area contributed by atoms with Crippen LogP contribution in [-0.4, -0.2) is 5.78 Å². The normalized spacial score (nSPS) is 53.9. The molecule has 0 N–H and O–H groups in total. The van der Waals surface area contributed by atoms with Crippen molar-refractivity contribution in [2.45, 2.75) is 44.9 Å². The summed E-state index contributed by atoms with van der Waals surface area (Å²) in [5.41, 5.74) is 0.460. The van der Waals surface area contributed by atoms with Gasteiger partial charge in [0.2, 0.25) is 0 Å². The Balaban J connectivity index is 1.74. The van der Waals surface area contributed by atoms with Crippen molar-refractivity contribution in [3.63, 3.8) is 0 Å². The van der Waals surface area contributed by atoms with Crippen molar-refractivity contribution in [1.29, 1.82) is 0 Å². The third kappa shape index (κ3) is 1.10. The van der Waals surface area contributed by atoms with Crippen LogP contribution in [0.15, 0.2) is 12.2 Å². The van der Waals surface area contributed by atoms with E-state index in [0.29, 0.717) is 11.2 Å². The molecular weight excluding hydrogens is 196 g/mol. The minimum Gasteiger partial charge on any atom is -0.295 e. The zero-order valence-corrected chi connectivity index (χ0v) is 9.82. The molecule has 0 aromatic heterocycles. The van der Waals surface area contributed by atoms with E-state index >= 15 is 0 Å². The van der Waals surface area contributed by atoms with Crippen molar-refractivity contribution in [2.75, 3.05) is 0 Å². The lowest BCUT2D eigenvalue weighted by Gasteiger charge is -2.61. The number of hydrogen-bond acceptors (Lipinski definition) is 1. The summed E-state index contributed by atoms with van der Waals surface area (Å²) in [5.74, 6) is 4.29. The summed E-state index contributed by atoms with van der Waals surface area (Å²) in [4.78, 5) is 11.4. The highest BCUT2D eigenvalue weighted by atomic mass is 16.1. The van der Waals surface area contributed by atoms with Crippen LogP contribution in [0.4, 0.5) is 0 Å². The number of allylic oxidation sites excluding steroid dienone is 2. The van der Waals surface area contributed by atoms with Gasteiger partial charge in [0.15, 0.2) is 5.78 Å². The van der Waals surface area contributed by atoms with E-state index in [1.54, 1.807) is 0 Å². The zero-order valence-electron chi connectivity index (χ0n) is 9.82. The molecule has 4 saturated carbocycles. The standard InChI is InChI=1S/C15H20O/c16-14-1-3-15(4-2-14)12-6-10-5-11(8-12)9-13(15)7-10/h1,3,10-13H,2,4-9H2. The maximum atomic E-state index is 11.4. The van der Waals surface area contributed by atoms with Gasteiger partial charge >= 0.3 is 0 Å². The first-order chi connectivity index (χ1) is 7.76. The molecule has 5 rings (SSSR count). The van der Waals surface area contributed by atoms with Crippen LogP contribution in [0.1, 0.15) is 44.9 Å². The van der Waals surface area contributed by atoms with Gasteiger partial charge in [0.25, 0.3) is 0 Å². The molecule has 0 amide bonds. The van der Waals surface area contributed by atoms with Gasteiger partial charge in [0.05, 0.1) is 0 Å². The Hall–Kier alpha value is -0.590. The summed E-state index contributed by atoms with van der Waals surface area (Å²) in [6, 6.07) is 0. The highest BCUT2D eigenvalue weighted by Gasteiger charge is 2.56. The smallest absolute Gasteiger partial charge is 0.155 e. The summed E-state index contributed by atoms with van der Waals surface area (Å²) in [7, 11) is 0. The average molecular weight is 216 g/mol. The van der Waals surface area contributed by atoms with Crippen LogP contribution in [0.2, 0.25) is 0 Å². The fourth-order valence-electron chi connectivity index (χ4n) is 5.50. The number of hydrogen-bond donors (Lipinski definition) is 0. The van der Waals surface area contributed by atoms with Crippen LogP contribution >= 0.6 is 0 Å². The summed E-state index contributed by atoms with van der Waals surface area (Å²) >= 11 is 0. The van der Waals surface area contributed by atoms with Crippen molar-refractivity contribution < 1.29 is 4.79 Å². The molecule has 0 radical (unpaired) electrons. The van der Waals surface area contributed by atoms with E-state index in [0.717, 1.165) is 36.5 Å². The lowest BCUT2D eigenvalue weighted by molar-refractivity contribution is -0.120. The first-order valence-electron chi connectivity index (χ1n) is 6.98. The van der Waals surface area contributed by atoms with Gasteiger partial charge in [-0.15, -0.1) is 0 Å². The van der Waals surface area contributed by atoms with Gasteiger partial charge in [-0.2, -0.15) is 0 Å². The number of ketones is 1. The predicted octanol–water partition coefficient (Wildman–Crippen LogP) is 3.35. The maximum absolute atomic E-state index is 11.4. The minimum atomic E-state index is 0.361. The molecule has 4 bridgehead atoms. The molecule has 1 spiro atoms. The van der Waals surface area contributed by atoms with Crippen LogP contribution in [0.5, 0.6) is 0 Å². The predicted molar refractivity (Wildman–Crippen MR) is 62.9 cm³/mol. The van der Waals surface area contributed by atoms with Crippen LogP contribution in [0, 0.1) is 29.1 Å². The third-order valence-electron chi connectivity index (χ3n) is 6.04. The zero-order chi connectivity index (χ0) is 10.8. The Bertz CT molecular complexity index is 338. The van der Waals surface area contributed by atoms with Crippen molar-refractivity contribution >= 4 is 5.78 Å². The fraction of sp³-hybridized carbons (Fsp3) is 0.800. The third-order valence-corrected chi connectivity index (χ3v) is 6.04. The van der Waals surface area contributed by atoms with Crippen molar-refractivity contribution in [3.8, 4) is 0 Å². The van der Waals surface area contributed by atoms with Crippen LogP contribution < -0.4 is 0 Å². The number of rotatable bonds is 0. The second kappa shape index (κ2) is 3.00. The van der Waals surface area contributed by atoms with Crippen molar-refractivity contribution in [2.24, 2.45) is 29.1 Å². The molecule has 0 heterocycles. The topological polar surface area (TPSA) is 17.1 Å². The summed E-state index contributed by atoms with van der Waals surface area (Å²) in [6.07, 6.45) is 13.6. The monoisotopic (exact) mass is 216 g/mol. The number of carbonyl (C=O) groups is 1. The van der Waals surface area contributed by atoms with Crippen molar-refractivity contribution in [1.82, 2.24) is 0 Å². The van der Waals surface area contributed by atoms with Gasteiger partial charge in [-0.05, 0) is 73.7 Å². The molecule has 0 atom stereocenters. The van der Waals surface area contributed by atoms with Gasteiger partial charge in [-0.1, -0.05) is 6.08 Å². The molecule has 0 aromatic rings. The Kier molecular flexibility index (Phi) is 1.77. The lowest BCUT2D eigenvalue weighted by atomic mass is 9.44. The van der Waals surface area contributed by atoms with Crippen LogP contribution in [-0.2, 0) is 4.79 Å². The molecule has 4 fully saturated rings. The molecule has 16 heavy (non-hydrogen) atoms. The molecule has 0 aromatic carbocycles. The molecule has 0 unspecified atom stereocenters. The summed E-state index contributed by atoms with van der Waals surface area (Å²) in [5, 5.41) is 0. The van der Waals surface area contributed by atoms with Crippen LogP contribution in [0.3, 0.4) is 0 Å². The molecule has 1 nitrogen and oxygen atoms in total. The Morgan fingerprint density at radius 2 is 1.62 bits per heavy atom. The molecule has 86 valence electrons. The first kappa shape index (κ1) is 9.44. The lowest BCUT2D eigenvalue weighted by Crippen LogP contribution is -2.52. The molecule has 5 aliphatic carbocycles. The second-order valence-corrected chi connectivity index (χ2v) is 6.72. The summed E-state index contributed by atoms with van der Waals surface area (Å²) in [6.45, 7) is 0. The van der Waals surface area contributed by atoms with Gasteiger partial charge in [0.1, 0.15) is 0 Å². The average Bonchev–Trinajstić information content (AvgIpc) is 2.27. The largest absolute Gasteiger partial charge is 0.295 e. The van der Waals surface area contributed by atoms with Gasteiger partial charge in [-0.25, -0.2) is 0 Å². The second-order valence-electron chi connectivity index (χ2n) is 6.72. The SMILES string of the molecule is O=C1C=CC2(CC1)C1CC3CC(C1)CC2C3. The van der Waals surface area contributed by atoms with E-state index in [1.807, 2.05) is 6.08 Å². The van der Waals surface area contributed by atoms with E-state index in [-0.39, 0.29) is 0 Å². The van der Waals surface area contributed by atoms with E-state index in [1.165, 1.54) is 32.1 Å². The molecule has 0 aliphatic heterocycles. The van der Waals surface area contributed by atoms with E-state index in [4.69, 9.17) is 0 Å². The molecular formula is C15H20O. The molecule has 0 saturated heterocycles. The quantitative estimate of drug-likeness (QED) is 0.607. The van der Waals surface area contributed by atoms with E-state index < -0.39 is 0 Å². The Morgan fingerprint density at radius 3 is 2.12 bits per heavy atom. The minimum absolute atomic E-state index is 0.361. The highest BCUT2D eigenvalue weighted by molar-refractivity contribution is 5.90. The fourth-order valence-corrected chi connectivity index (χ4v) is 5.50. The van der Waals surface area contributed by atoms with Gasteiger partial charge < -0.3 is 0 Å². The molecule has 5 aliphatic rings. The van der Waals surface area contributed by atoms with Crippen molar-refractivity contribution in [3.05, 3.63) is 12.2 Å². The van der Waals surface area contributed by atoms with Gasteiger partial charge in [-0.3, -0.25) is 4.79 Å². The van der Waals surface area contributed by atoms with Gasteiger partial charge in [0, 0.05) is 6.42 Å². The Labute approximate surface area is 97.3 Å². The van der Waals surface area contributed by atoms with E-state index in [2.05, 4.69) is 6.08 Å². The molecule has 1 heteroatoms. The summed E-state index contributed by atoms with van der Waals surface area (Å²) < 4.78 is 0. The first-order valence-corrected chi connectivity index (χ1v) is 6.98. The maximum Gasteiger partial charge on any atom is 0.155 e. The highest BCUT2D eigenvalue weighted by Crippen LogP contribution is 2.64. The number of carbonyl (C=O) groups excluding carboxylic acids is 1. The Morgan fingerprint density at radius 1 is 1.00 bits per heavy atom. The van der Waals surface area contributed by atoms with E-state index in [9.17, 15) is 4.79 Å². The van der Waals surface area contributed by atoms with Crippen LogP contribution in [0.25, 0.3) is 0 Å².